The Labute approximate surface area is 143 Å². The number of benzene rings is 1. The molecule has 2 amide bonds. The fourth-order valence-electron chi connectivity index (χ4n) is 1.99. The zero-order chi connectivity index (χ0) is 16.6. The maximum Gasteiger partial charge on any atom is 0.319 e. The Morgan fingerprint density at radius 2 is 1.92 bits per heavy atom. The summed E-state index contributed by atoms with van der Waals surface area (Å²) in [7, 11) is 0. The van der Waals surface area contributed by atoms with E-state index in [0.29, 0.717) is 19.0 Å². The van der Waals surface area contributed by atoms with E-state index in [-0.39, 0.29) is 6.03 Å². The molecule has 0 unspecified atom stereocenters. The van der Waals surface area contributed by atoms with Crippen molar-refractivity contribution in [3.8, 4) is 17.1 Å². The minimum atomic E-state index is -0.258. The van der Waals surface area contributed by atoms with Crippen molar-refractivity contribution in [2.24, 2.45) is 0 Å². The quantitative estimate of drug-likeness (QED) is 0.674. The second-order valence-electron chi connectivity index (χ2n) is 4.83. The van der Waals surface area contributed by atoms with Gasteiger partial charge in [0.15, 0.2) is 0 Å². The third-order valence-corrected chi connectivity index (χ3v) is 3.89. The molecule has 3 aromatic rings. The van der Waals surface area contributed by atoms with E-state index < -0.39 is 0 Å². The molecule has 0 bridgehead atoms. The van der Waals surface area contributed by atoms with Crippen LogP contribution in [0.2, 0.25) is 0 Å². The normalized spacial score (nSPS) is 10.2. The molecule has 3 rings (SSSR count). The molecule has 0 radical (unpaired) electrons. The van der Waals surface area contributed by atoms with E-state index in [2.05, 4.69) is 20.8 Å². The topological polar surface area (TPSA) is 76.1 Å². The highest BCUT2D eigenvalue weighted by atomic mass is 32.1. The number of aromatic nitrogens is 2. The lowest BCUT2D eigenvalue weighted by Crippen LogP contribution is -2.32. The van der Waals surface area contributed by atoms with E-state index in [1.54, 1.807) is 6.07 Å². The van der Waals surface area contributed by atoms with E-state index in [4.69, 9.17) is 4.74 Å². The average molecular weight is 340 g/mol. The number of urea groups is 1. The SMILES string of the molecule is O=C(NCCOc1ccc(-c2ccccc2)nn1)Nc1cccs1. The van der Waals surface area contributed by atoms with Crippen LogP contribution in [0.3, 0.4) is 0 Å². The van der Waals surface area contributed by atoms with Crippen molar-refractivity contribution in [3.63, 3.8) is 0 Å². The Morgan fingerprint density at radius 1 is 1.04 bits per heavy atom. The predicted molar refractivity (Wildman–Crippen MR) is 94.3 cm³/mol. The minimum Gasteiger partial charge on any atom is -0.475 e. The van der Waals surface area contributed by atoms with Gasteiger partial charge in [-0.1, -0.05) is 30.3 Å². The molecule has 0 saturated carbocycles. The van der Waals surface area contributed by atoms with Crippen molar-refractivity contribution in [2.45, 2.75) is 0 Å². The number of nitrogens with zero attached hydrogens (tertiary/aromatic N) is 2. The average Bonchev–Trinajstić information content (AvgIpc) is 3.13. The van der Waals surface area contributed by atoms with E-state index in [1.165, 1.54) is 11.3 Å². The van der Waals surface area contributed by atoms with Gasteiger partial charge < -0.3 is 10.1 Å². The summed E-state index contributed by atoms with van der Waals surface area (Å²) in [6.07, 6.45) is 0. The van der Waals surface area contributed by atoms with Crippen molar-refractivity contribution in [3.05, 3.63) is 60.0 Å². The van der Waals surface area contributed by atoms with Crippen LogP contribution >= 0.6 is 11.3 Å². The van der Waals surface area contributed by atoms with Crippen LogP contribution in [0.4, 0.5) is 9.80 Å². The summed E-state index contributed by atoms with van der Waals surface area (Å²) in [4.78, 5) is 11.6. The zero-order valence-corrected chi connectivity index (χ0v) is 13.6. The van der Waals surface area contributed by atoms with Gasteiger partial charge in [0.05, 0.1) is 17.2 Å². The van der Waals surface area contributed by atoms with Crippen LogP contribution in [0, 0.1) is 0 Å². The molecule has 0 aliphatic heterocycles. The number of nitrogens with one attached hydrogen (secondary N) is 2. The molecule has 0 aliphatic carbocycles. The lowest BCUT2D eigenvalue weighted by atomic mass is 10.1. The monoisotopic (exact) mass is 340 g/mol. The Hall–Kier alpha value is -2.93. The number of anilines is 1. The van der Waals surface area contributed by atoms with Crippen molar-refractivity contribution < 1.29 is 9.53 Å². The van der Waals surface area contributed by atoms with Crippen LogP contribution in [-0.4, -0.2) is 29.4 Å². The molecule has 0 saturated heterocycles. The fraction of sp³-hybridized carbons (Fsp3) is 0.118. The number of ether oxygens (including phenoxy) is 1. The van der Waals surface area contributed by atoms with Gasteiger partial charge in [-0.05, 0) is 23.6 Å². The van der Waals surface area contributed by atoms with Crippen molar-refractivity contribution in [1.29, 1.82) is 0 Å². The minimum absolute atomic E-state index is 0.258. The highest BCUT2D eigenvalue weighted by Crippen LogP contribution is 2.17. The Morgan fingerprint density at radius 3 is 2.62 bits per heavy atom. The van der Waals surface area contributed by atoms with Gasteiger partial charge in [0.1, 0.15) is 6.61 Å². The number of rotatable bonds is 6. The van der Waals surface area contributed by atoms with Gasteiger partial charge in [-0.2, -0.15) is 0 Å². The van der Waals surface area contributed by atoms with Gasteiger partial charge in [0.2, 0.25) is 5.88 Å². The van der Waals surface area contributed by atoms with Gasteiger partial charge in [-0.15, -0.1) is 21.5 Å². The maximum absolute atomic E-state index is 11.6. The first-order valence-electron chi connectivity index (χ1n) is 7.41. The number of carbonyl (C=O) groups is 1. The summed E-state index contributed by atoms with van der Waals surface area (Å²) in [5.41, 5.74) is 1.79. The second kappa shape index (κ2) is 8.07. The van der Waals surface area contributed by atoms with Crippen LogP contribution in [0.25, 0.3) is 11.3 Å². The molecule has 2 aromatic heterocycles. The molecular weight excluding hydrogens is 324 g/mol. The summed E-state index contributed by atoms with van der Waals surface area (Å²) in [6, 6.07) is 16.9. The molecule has 6 nitrogen and oxygen atoms in total. The summed E-state index contributed by atoms with van der Waals surface area (Å²) in [5, 5.41) is 16.3. The van der Waals surface area contributed by atoms with Gasteiger partial charge in [-0.25, -0.2) is 4.79 Å². The molecular formula is C17H16N4O2S. The third kappa shape index (κ3) is 4.53. The largest absolute Gasteiger partial charge is 0.475 e. The van der Waals surface area contributed by atoms with Gasteiger partial charge >= 0.3 is 6.03 Å². The number of hydrogen-bond donors (Lipinski definition) is 2. The van der Waals surface area contributed by atoms with Gasteiger partial charge in [-0.3, -0.25) is 5.32 Å². The summed E-state index contributed by atoms with van der Waals surface area (Å²) >= 11 is 1.47. The third-order valence-electron chi connectivity index (χ3n) is 3.11. The van der Waals surface area contributed by atoms with Crippen molar-refractivity contribution in [2.75, 3.05) is 18.5 Å². The van der Waals surface area contributed by atoms with E-state index in [1.807, 2.05) is 53.9 Å². The standard InChI is InChI=1S/C17H16N4O2S/c22-17(19-16-7-4-12-24-16)18-10-11-23-15-9-8-14(20-21-15)13-5-2-1-3-6-13/h1-9,12H,10-11H2,(H2,18,19,22). The molecule has 7 heteroatoms. The number of carbonyl (C=O) groups excluding carboxylic acids is 1. The van der Waals surface area contributed by atoms with Crippen LogP contribution in [0.5, 0.6) is 5.88 Å². The van der Waals surface area contributed by atoms with Gasteiger partial charge in [0, 0.05) is 11.6 Å². The molecule has 2 N–H and O–H groups in total. The van der Waals surface area contributed by atoms with Gasteiger partial charge in [0.25, 0.3) is 0 Å². The highest BCUT2D eigenvalue weighted by molar-refractivity contribution is 7.14. The predicted octanol–water partition coefficient (Wildman–Crippen LogP) is 3.41. The molecule has 122 valence electrons. The number of hydrogen-bond acceptors (Lipinski definition) is 5. The van der Waals surface area contributed by atoms with E-state index in [0.717, 1.165) is 16.3 Å². The first kappa shape index (κ1) is 15.9. The molecule has 0 atom stereocenters. The fourth-order valence-corrected chi connectivity index (χ4v) is 2.60. The molecule has 0 spiro atoms. The lowest BCUT2D eigenvalue weighted by molar-refractivity contribution is 0.246. The summed E-state index contributed by atoms with van der Waals surface area (Å²) in [6.45, 7) is 0.691. The van der Waals surface area contributed by atoms with Crippen LogP contribution in [0.1, 0.15) is 0 Å². The maximum atomic E-state index is 11.6. The van der Waals surface area contributed by atoms with Crippen LogP contribution in [-0.2, 0) is 0 Å². The van der Waals surface area contributed by atoms with E-state index in [9.17, 15) is 4.79 Å². The number of amides is 2. The molecule has 0 fully saturated rings. The zero-order valence-electron chi connectivity index (χ0n) is 12.8. The smallest absolute Gasteiger partial charge is 0.319 e. The lowest BCUT2D eigenvalue weighted by Gasteiger charge is -2.07. The molecule has 0 aliphatic rings. The van der Waals surface area contributed by atoms with Crippen LogP contribution < -0.4 is 15.4 Å². The molecule has 2 heterocycles. The first-order valence-corrected chi connectivity index (χ1v) is 8.29. The van der Waals surface area contributed by atoms with Crippen LogP contribution in [0.15, 0.2) is 60.0 Å². The van der Waals surface area contributed by atoms with Crippen molar-refractivity contribution >= 4 is 22.4 Å². The first-order chi connectivity index (χ1) is 11.8. The highest BCUT2D eigenvalue weighted by Gasteiger charge is 2.03. The summed E-state index contributed by atoms with van der Waals surface area (Å²) in [5.74, 6) is 0.426. The van der Waals surface area contributed by atoms with E-state index >= 15 is 0 Å². The Balaban J connectivity index is 1.41. The molecule has 24 heavy (non-hydrogen) atoms. The van der Waals surface area contributed by atoms with Crippen molar-refractivity contribution in [1.82, 2.24) is 15.5 Å². The molecule has 1 aromatic carbocycles. The summed E-state index contributed by atoms with van der Waals surface area (Å²) < 4.78 is 5.47. The Bertz CT molecular complexity index is 761. The number of thiophene rings is 1. The Kier molecular flexibility index (Phi) is 5.36. The second-order valence-corrected chi connectivity index (χ2v) is 5.78.